The maximum atomic E-state index is 12.4. The summed E-state index contributed by atoms with van der Waals surface area (Å²) in [7, 11) is 0. The molecule has 0 aromatic carbocycles. The predicted molar refractivity (Wildman–Crippen MR) is 53.0 cm³/mol. The summed E-state index contributed by atoms with van der Waals surface area (Å²) in [6.07, 6.45) is -1.70. The monoisotopic (exact) mass is 235 g/mol. The Morgan fingerprint density at radius 2 is 1.75 bits per heavy atom. The van der Waals surface area contributed by atoms with Gasteiger partial charge >= 0.3 is 6.18 Å². The number of piperidine rings is 1. The average Bonchev–Trinajstić information content (AvgIpc) is 2.64. The number of hydrogen-bond acceptors (Lipinski definition) is 2. The predicted octanol–water partition coefficient (Wildman–Crippen LogP) is 2.38. The van der Waals surface area contributed by atoms with Crippen molar-refractivity contribution in [3.63, 3.8) is 0 Å². The van der Waals surface area contributed by atoms with E-state index in [1.165, 1.54) is 0 Å². The van der Waals surface area contributed by atoms with Crippen LogP contribution in [-0.2, 0) is 4.79 Å². The smallest absolute Gasteiger partial charge is 0.300 e. The molecular formula is C11H16F3NO. The van der Waals surface area contributed by atoms with Crippen molar-refractivity contribution in [1.82, 2.24) is 4.90 Å². The van der Waals surface area contributed by atoms with Crippen LogP contribution in [0.3, 0.4) is 0 Å². The van der Waals surface area contributed by atoms with E-state index < -0.39 is 12.1 Å². The first-order valence-electron chi connectivity index (χ1n) is 5.79. The molecule has 1 unspecified atom stereocenters. The molecule has 16 heavy (non-hydrogen) atoms. The van der Waals surface area contributed by atoms with Gasteiger partial charge in [-0.3, -0.25) is 9.69 Å². The summed E-state index contributed by atoms with van der Waals surface area (Å²) in [5, 5.41) is 0. The molecule has 92 valence electrons. The van der Waals surface area contributed by atoms with E-state index in [9.17, 15) is 18.0 Å². The van der Waals surface area contributed by atoms with Crippen LogP contribution in [0.5, 0.6) is 0 Å². The Labute approximate surface area is 92.8 Å². The van der Waals surface area contributed by atoms with Gasteiger partial charge in [0.1, 0.15) is 5.78 Å². The van der Waals surface area contributed by atoms with E-state index in [2.05, 4.69) is 4.90 Å². The molecule has 5 heteroatoms. The lowest BCUT2D eigenvalue weighted by Crippen LogP contribution is -2.43. The largest absolute Gasteiger partial charge is 0.391 e. The summed E-state index contributed by atoms with van der Waals surface area (Å²) in [6, 6.07) is 0.210. The lowest BCUT2D eigenvalue weighted by atomic mass is 9.95. The topological polar surface area (TPSA) is 20.3 Å². The third-order valence-electron chi connectivity index (χ3n) is 3.73. The van der Waals surface area contributed by atoms with Crippen LogP contribution in [0.15, 0.2) is 0 Å². The number of Topliss-reactive ketones (excluding diaryl/α,β-unsaturated/α-hetero) is 1. The molecule has 0 amide bonds. The van der Waals surface area contributed by atoms with Gasteiger partial charge in [-0.15, -0.1) is 0 Å². The summed E-state index contributed by atoms with van der Waals surface area (Å²) in [6.45, 7) is 0.976. The summed E-state index contributed by atoms with van der Waals surface area (Å²) in [5.41, 5.74) is 0. The summed E-state index contributed by atoms with van der Waals surface area (Å²) < 4.78 is 37.3. The van der Waals surface area contributed by atoms with E-state index in [-0.39, 0.29) is 24.7 Å². The van der Waals surface area contributed by atoms with Gasteiger partial charge in [0.2, 0.25) is 0 Å². The van der Waals surface area contributed by atoms with Gasteiger partial charge in [0.15, 0.2) is 0 Å². The number of hydrogen-bond donors (Lipinski definition) is 0. The normalized spacial score (nSPS) is 29.9. The molecule has 0 radical (unpaired) electrons. The Morgan fingerprint density at radius 1 is 1.12 bits per heavy atom. The lowest BCUT2D eigenvalue weighted by Gasteiger charge is -2.36. The molecule has 2 rings (SSSR count). The number of halogens is 3. The second-order valence-electron chi connectivity index (χ2n) is 4.79. The Morgan fingerprint density at radius 3 is 2.19 bits per heavy atom. The molecule has 1 atom stereocenters. The maximum Gasteiger partial charge on any atom is 0.391 e. The van der Waals surface area contributed by atoms with E-state index in [1.807, 2.05) is 0 Å². The number of carbonyl (C=O) groups excluding carboxylic acids is 1. The summed E-state index contributed by atoms with van der Waals surface area (Å²) in [4.78, 5) is 13.2. The fourth-order valence-corrected chi connectivity index (χ4v) is 2.70. The highest BCUT2D eigenvalue weighted by Gasteiger charge is 2.42. The Kier molecular flexibility index (Phi) is 3.24. The van der Waals surface area contributed by atoms with Crippen molar-refractivity contribution in [1.29, 1.82) is 0 Å². The molecule has 2 nitrogen and oxygen atoms in total. The van der Waals surface area contributed by atoms with Gasteiger partial charge < -0.3 is 0 Å². The minimum Gasteiger partial charge on any atom is -0.300 e. The molecular weight excluding hydrogens is 219 g/mol. The second-order valence-corrected chi connectivity index (χ2v) is 4.79. The summed E-state index contributed by atoms with van der Waals surface area (Å²) in [5.74, 6) is -0.885. The van der Waals surface area contributed by atoms with Gasteiger partial charge in [-0.25, -0.2) is 0 Å². The van der Waals surface area contributed by atoms with Gasteiger partial charge in [-0.05, 0) is 32.4 Å². The number of carbonyl (C=O) groups is 1. The molecule has 2 aliphatic rings. The number of ketones is 1. The lowest BCUT2D eigenvalue weighted by molar-refractivity contribution is -0.186. The molecule has 0 N–H and O–H groups in total. The van der Waals surface area contributed by atoms with Crippen molar-refractivity contribution in [2.45, 2.75) is 44.3 Å². The Balaban J connectivity index is 1.83. The van der Waals surface area contributed by atoms with E-state index in [0.717, 1.165) is 6.42 Å². The van der Waals surface area contributed by atoms with Crippen molar-refractivity contribution in [2.24, 2.45) is 5.92 Å². The highest BCUT2D eigenvalue weighted by Crippen LogP contribution is 2.35. The van der Waals surface area contributed by atoms with Crippen LogP contribution >= 0.6 is 0 Å². The number of alkyl halides is 3. The molecule has 1 aliphatic carbocycles. The average molecular weight is 235 g/mol. The van der Waals surface area contributed by atoms with E-state index in [0.29, 0.717) is 25.9 Å². The third-order valence-corrected chi connectivity index (χ3v) is 3.73. The fourth-order valence-electron chi connectivity index (χ4n) is 2.70. The SMILES string of the molecule is O=C1CCC(N2CCC(C(F)(F)F)CC2)C1. The molecule has 0 spiro atoms. The second kappa shape index (κ2) is 4.35. The highest BCUT2D eigenvalue weighted by atomic mass is 19.4. The van der Waals surface area contributed by atoms with Crippen LogP contribution in [0.2, 0.25) is 0 Å². The van der Waals surface area contributed by atoms with Crippen LogP contribution in [0.1, 0.15) is 32.1 Å². The fraction of sp³-hybridized carbons (Fsp3) is 0.909. The molecule has 0 aromatic rings. The summed E-state index contributed by atoms with van der Waals surface area (Å²) >= 11 is 0. The van der Waals surface area contributed by atoms with Crippen LogP contribution in [0.4, 0.5) is 13.2 Å². The van der Waals surface area contributed by atoms with Crippen LogP contribution in [0, 0.1) is 5.92 Å². The molecule has 1 heterocycles. The van der Waals surface area contributed by atoms with Crippen molar-refractivity contribution >= 4 is 5.78 Å². The first-order valence-corrected chi connectivity index (χ1v) is 5.79. The van der Waals surface area contributed by atoms with Crippen molar-refractivity contribution < 1.29 is 18.0 Å². The minimum absolute atomic E-state index is 0.189. The van der Waals surface area contributed by atoms with Gasteiger partial charge in [-0.2, -0.15) is 13.2 Å². The Hall–Kier alpha value is -0.580. The van der Waals surface area contributed by atoms with Crippen LogP contribution in [0.25, 0.3) is 0 Å². The van der Waals surface area contributed by atoms with Crippen molar-refractivity contribution in [2.75, 3.05) is 13.1 Å². The zero-order valence-electron chi connectivity index (χ0n) is 9.09. The van der Waals surface area contributed by atoms with Gasteiger partial charge in [-0.1, -0.05) is 0 Å². The quantitative estimate of drug-likeness (QED) is 0.695. The molecule has 2 fully saturated rings. The van der Waals surface area contributed by atoms with E-state index in [1.54, 1.807) is 0 Å². The molecule has 1 saturated carbocycles. The Bertz CT molecular complexity index is 269. The van der Waals surface area contributed by atoms with Crippen LogP contribution in [-0.4, -0.2) is 36.0 Å². The maximum absolute atomic E-state index is 12.4. The van der Waals surface area contributed by atoms with Gasteiger partial charge in [0, 0.05) is 18.9 Å². The van der Waals surface area contributed by atoms with E-state index in [4.69, 9.17) is 0 Å². The first kappa shape index (κ1) is 11.9. The molecule has 1 saturated heterocycles. The molecule has 0 aromatic heterocycles. The van der Waals surface area contributed by atoms with E-state index >= 15 is 0 Å². The molecule has 0 bridgehead atoms. The molecule has 1 aliphatic heterocycles. The highest BCUT2D eigenvalue weighted by molar-refractivity contribution is 5.81. The van der Waals surface area contributed by atoms with Crippen molar-refractivity contribution in [3.8, 4) is 0 Å². The standard InChI is InChI=1S/C11H16F3NO/c12-11(13,14)8-3-5-15(6-4-8)9-1-2-10(16)7-9/h8-9H,1-7H2. The van der Waals surface area contributed by atoms with Gasteiger partial charge in [0.05, 0.1) is 5.92 Å². The van der Waals surface area contributed by atoms with Crippen molar-refractivity contribution in [3.05, 3.63) is 0 Å². The zero-order valence-corrected chi connectivity index (χ0v) is 9.09. The zero-order chi connectivity index (χ0) is 11.8. The third kappa shape index (κ3) is 2.56. The van der Waals surface area contributed by atoms with Gasteiger partial charge in [0.25, 0.3) is 0 Å². The first-order chi connectivity index (χ1) is 7.47. The van der Waals surface area contributed by atoms with Crippen LogP contribution < -0.4 is 0 Å². The minimum atomic E-state index is -4.04. The number of likely N-dealkylation sites (tertiary alicyclic amines) is 1. The number of nitrogens with zero attached hydrogens (tertiary/aromatic N) is 1. The number of rotatable bonds is 1.